The van der Waals surface area contributed by atoms with Crippen molar-refractivity contribution in [3.63, 3.8) is 0 Å². The van der Waals surface area contributed by atoms with Gasteiger partial charge in [0, 0.05) is 11.8 Å². The smallest absolute Gasteiger partial charge is 0.306 e. The molecule has 3 heterocycles. The maximum absolute atomic E-state index is 11.2. The second kappa shape index (κ2) is 4.31. The van der Waals surface area contributed by atoms with Crippen LogP contribution >= 0.6 is 0 Å². The minimum absolute atomic E-state index is 0.0360. The molecule has 3 rings (SSSR count). The fourth-order valence-electron chi connectivity index (χ4n) is 1.81. The summed E-state index contributed by atoms with van der Waals surface area (Å²) in [5, 5.41) is 0. The van der Waals surface area contributed by atoms with Gasteiger partial charge in [-0.15, -0.1) is 0 Å². The maximum Gasteiger partial charge on any atom is 0.306 e. The summed E-state index contributed by atoms with van der Waals surface area (Å²) in [6, 6.07) is 0. The van der Waals surface area contributed by atoms with Crippen LogP contribution in [0.15, 0.2) is 0 Å². The van der Waals surface area contributed by atoms with Crippen molar-refractivity contribution in [2.75, 3.05) is 26.4 Å². The summed E-state index contributed by atoms with van der Waals surface area (Å²) >= 11 is 0. The average molecular weight is 230 g/mol. The molecule has 3 aliphatic heterocycles. The minimum Gasteiger partial charge on any atom is -0.466 e. The van der Waals surface area contributed by atoms with Gasteiger partial charge in [-0.05, 0) is 6.92 Å². The Labute approximate surface area is 95.0 Å². The van der Waals surface area contributed by atoms with E-state index in [4.69, 9.17) is 18.9 Å². The maximum atomic E-state index is 11.2. The van der Waals surface area contributed by atoms with Gasteiger partial charge in [0.25, 0.3) is 5.97 Å². The molecule has 0 unspecified atom stereocenters. The van der Waals surface area contributed by atoms with Crippen LogP contribution in [0.1, 0.15) is 26.7 Å². The Hall–Kier alpha value is -0.650. The van der Waals surface area contributed by atoms with E-state index < -0.39 is 5.97 Å². The number of hydrogen-bond donors (Lipinski definition) is 0. The molecule has 0 spiro atoms. The van der Waals surface area contributed by atoms with Crippen molar-refractivity contribution >= 4 is 5.97 Å². The van der Waals surface area contributed by atoms with Crippen molar-refractivity contribution in [3.05, 3.63) is 0 Å². The molecule has 0 atom stereocenters. The molecule has 3 aliphatic rings. The van der Waals surface area contributed by atoms with Crippen LogP contribution in [0.5, 0.6) is 0 Å². The molecule has 3 fully saturated rings. The van der Waals surface area contributed by atoms with Crippen LogP contribution in [0, 0.1) is 5.41 Å². The number of carbonyl (C=O) groups is 1. The van der Waals surface area contributed by atoms with Gasteiger partial charge in [0.05, 0.1) is 32.8 Å². The molecule has 0 aromatic carbocycles. The fourth-order valence-corrected chi connectivity index (χ4v) is 1.81. The number of carbonyl (C=O) groups excluding carboxylic acids is 1. The Morgan fingerprint density at radius 3 is 2.31 bits per heavy atom. The molecule has 0 aromatic heterocycles. The largest absolute Gasteiger partial charge is 0.466 e. The highest BCUT2D eigenvalue weighted by Gasteiger charge is 2.50. The lowest BCUT2D eigenvalue weighted by molar-refractivity contribution is -0.467. The van der Waals surface area contributed by atoms with Gasteiger partial charge in [0.15, 0.2) is 0 Å². The van der Waals surface area contributed by atoms with Crippen LogP contribution in [0.4, 0.5) is 0 Å². The Kier molecular flexibility index (Phi) is 3.19. The van der Waals surface area contributed by atoms with Gasteiger partial charge in [-0.1, -0.05) is 6.92 Å². The molecule has 16 heavy (non-hydrogen) atoms. The van der Waals surface area contributed by atoms with Gasteiger partial charge in [-0.3, -0.25) is 4.79 Å². The van der Waals surface area contributed by atoms with Crippen LogP contribution in [0.3, 0.4) is 0 Å². The molecule has 0 radical (unpaired) electrons. The second-order valence-electron chi connectivity index (χ2n) is 4.66. The minimum atomic E-state index is -1.01. The van der Waals surface area contributed by atoms with E-state index in [2.05, 4.69) is 6.92 Å². The van der Waals surface area contributed by atoms with Gasteiger partial charge in [-0.25, -0.2) is 0 Å². The highest BCUT2D eigenvalue weighted by Crippen LogP contribution is 2.40. The molecule has 0 N–H and O–H groups in total. The zero-order valence-corrected chi connectivity index (χ0v) is 9.78. The van der Waals surface area contributed by atoms with Gasteiger partial charge < -0.3 is 18.9 Å². The standard InChI is InChI=1S/C11H18O5/c1-3-13-9(12)4-5-11-14-6-10(2,7-15-11)8-16-11/h3-8H2,1-2H3. The first kappa shape index (κ1) is 11.8. The van der Waals surface area contributed by atoms with Crippen molar-refractivity contribution in [2.45, 2.75) is 32.7 Å². The first-order chi connectivity index (χ1) is 7.58. The third kappa shape index (κ3) is 2.36. The summed E-state index contributed by atoms with van der Waals surface area (Å²) in [5.41, 5.74) is -0.0360. The highest BCUT2D eigenvalue weighted by molar-refractivity contribution is 5.69. The third-order valence-corrected chi connectivity index (χ3v) is 2.86. The van der Waals surface area contributed by atoms with E-state index in [1.54, 1.807) is 6.92 Å². The van der Waals surface area contributed by atoms with Crippen molar-refractivity contribution in [1.82, 2.24) is 0 Å². The first-order valence-electron chi connectivity index (χ1n) is 5.65. The zero-order valence-electron chi connectivity index (χ0n) is 9.78. The number of esters is 1. The summed E-state index contributed by atoms with van der Waals surface area (Å²) in [7, 11) is 0. The molecule has 5 heteroatoms. The van der Waals surface area contributed by atoms with E-state index in [9.17, 15) is 4.79 Å². The van der Waals surface area contributed by atoms with Gasteiger partial charge in [-0.2, -0.15) is 0 Å². The van der Waals surface area contributed by atoms with Gasteiger partial charge in [0.1, 0.15) is 0 Å². The molecule has 5 nitrogen and oxygen atoms in total. The van der Waals surface area contributed by atoms with Crippen LogP contribution in [-0.2, 0) is 23.7 Å². The summed E-state index contributed by atoms with van der Waals surface area (Å²) in [6.45, 7) is 6.10. The van der Waals surface area contributed by atoms with Crippen LogP contribution < -0.4 is 0 Å². The van der Waals surface area contributed by atoms with Gasteiger partial charge in [0.2, 0.25) is 0 Å². The fraction of sp³-hybridized carbons (Fsp3) is 0.909. The third-order valence-electron chi connectivity index (χ3n) is 2.86. The zero-order chi connectivity index (χ0) is 11.6. The molecule has 3 saturated heterocycles. The van der Waals surface area contributed by atoms with E-state index >= 15 is 0 Å². The van der Waals surface area contributed by atoms with E-state index in [1.807, 2.05) is 0 Å². The number of rotatable bonds is 4. The summed E-state index contributed by atoms with van der Waals surface area (Å²) in [6.07, 6.45) is 0.645. The normalized spacial score (nSPS) is 37.4. The van der Waals surface area contributed by atoms with Gasteiger partial charge >= 0.3 is 5.97 Å². The molecule has 2 bridgehead atoms. The number of ether oxygens (including phenoxy) is 4. The number of hydrogen-bond acceptors (Lipinski definition) is 5. The lowest BCUT2D eigenvalue weighted by Crippen LogP contribution is -2.58. The molecule has 0 amide bonds. The predicted octanol–water partition coefficient (Wildman–Crippen LogP) is 1.07. The number of fused-ring (bicyclic) bond motifs is 3. The molecular formula is C11H18O5. The lowest BCUT2D eigenvalue weighted by atomic mass is 9.91. The topological polar surface area (TPSA) is 54.0 Å². The van der Waals surface area contributed by atoms with Crippen molar-refractivity contribution in [2.24, 2.45) is 5.41 Å². The summed E-state index contributed by atoms with van der Waals surface area (Å²) in [5.74, 6) is -1.25. The molecule has 92 valence electrons. The highest BCUT2D eigenvalue weighted by atomic mass is 16.9. The molecule has 0 aromatic rings. The van der Waals surface area contributed by atoms with Crippen molar-refractivity contribution < 1.29 is 23.7 Å². The molecule has 0 saturated carbocycles. The SMILES string of the molecule is CCOC(=O)CCC12OCC(C)(CO1)CO2. The summed E-state index contributed by atoms with van der Waals surface area (Å²) < 4.78 is 21.5. The van der Waals surface area contributed by atoms with E-state index in [0.717, 1.165) is 0 Å². The van der Waals surface area contributed by atoms with E-state index in [-0.39, 0.29) is 17.8 Å². The van der Waals surface area contributed by atoms with Crippen LogP contribution in [0.2, 0.25) is 0 Å². The Bertz CT molecular complexity index is 251. The summed E-state index contributed by atoms with van der Waals surface area (Å²) in [4.78, 5) is 11.2. The molecule has 0 aliphatic carbocycles. The van der Waals surface area contributed by atoms with E-state index in [0.29, 0.717) is 32.8 Å². The Morgan fingerprint density at radius 2 is 1.81 bits per heavy atom. The average Bonchev–Trinajstić information content (AvgIpc) is 2.29. The monoisotopic (exact) mass is 230 g/mol. The van der Waals surface area contributed by atoms with Crippen molar-refractivity contribution in [3.8, 4) is 0 Å². The van der Waals surface area contributed by atoms with Crippen LogP contribution in [-0.4, -0.2) is 38.4 Å². The van der Waals surface area contributed by atoms with Crippen LogP contribution in [0.25, 0.3) is 0 Å². The second-order valence-corrected chi connectivity index (χ2v) is 4.66. The quantitative estimate of drug-likeness (QED) is 0.676. The first-order valence-corrected chi connectivity index (χ1v) is 5.65. The predicted molar refractivity (Wildman–Crippen MR) is 54.6 cm³/mol. The Morgan fingerprint density at radius 1 is 1.25 bits per heavy atom. The molecular weight excluding hydrogens is 212 g/mol. The van der Waals surface area contributed by atoms with Crippen molar-refractivity contribution in [1.29, 1.82) is 0 Å². The lowest BCUT2D eigenvalue weighted by Gasteiger charge is -2.50. The van der Waals surface area contributed by atoms with E-state index in [1.165, 1.54) is 0 Å². The Balaban J connectivity index is 1.83.